The summed E-state index contributed by atoms with van der Waals surface area (Å²) in [5, 5.41) is 12.6. The van der Waals surface area contributed by atoms with Crippen molar-refractivity contribution in [3.05, 3.63) is 47.0 Å². The Morgan fingerprint density at radius 1 is 1.55 bits per heavy atom. The topological polar surface area (TPSA) is 75.4 Å². The van der Waals surface area contributed by atoms with Gasteiger partial charge in [-0.1, -0.05) is 20.8 Å². The molecule has 1 atom stereocenters. The summed E-state index contributed by atoms with van der Waals surface area (Å²) in [4.78, 5) is 16.2. The molecule has 2 aromatic rings. The third-order valence-electron chi connectivity index (χ3n) is 4.30. The molecule has 5 heteroatoms. The van der Waals surface area contributed by atoms with Crippen LogP contribution in [0.15, 0.2) is 28.9 Å². The lowest BCUT2D eigenvalue weighted by Gasteiger charge is -2.19. The maximum absolute atomic E-state index is 11.6. The van der Waals surface area contributed by atoms with E-state index in [-0.39, 0.29) is 11.0 Å². The Balaban J connectivity index is 1.99. The van der Waals surface area contributed by atoms with Crippen molar-refractivity contribution in [2.45, 2.75) is 45.1 Å². The minimum atomic E-state index is -0.965. The van der Waals surface area contributed by atoms with E-state index in [9.17, 15) is 9.90 Å². The quantitative estimate of drug-likeness (QED) is 0.899. The Kier molecular flexibility index (Phi) is 3.43. The molecule has 2 aromatic heterocycles. The van der Waals surface area contributed by atoms with Crippen molar-refractivity contribution in [1.82, 2.24) is 4.98 Å². The summed E-state index contributed by atoms with van der Waals surface area (Å²) in [6, 6.07) is 5.42. The fraction of sp³-hybridized carbons (Fsp3) is 0.412. The van der Waals surface area contributed by atoms with Gasteiger partial charge in [-0.05, 0) is 41.5 Å². The van der Waals surface area contributed by atoms with Gasteiger partial charge in [-0.2, -0.15) is 0 Å². The normalized spacial score (nSPS) is 19.0. The standard InChI is InChI=1S/C17H20N2O3/c1-10-8-17(2,3)13-7-12(16(20)21)15(19-14(10)13)18-9-11-5-4-6-22-11/h4-7,10H,8-9H2,1-3H3,(H,18,19)(H,20,21). The van der Waals surface area contributed by atoms with E-state index in [1.54, 1.807) is 18.4 Å². The van der Waals surface area contributed by atoms with Gasteiger partial charge in [-0.25, -0.2) is 9.78 Å². The van der Waals surface area contributed by atoms with Gasteiger partial charge in [0.15, 0.2) is 0 Å². The van der Waals surface area contributed by atoms with Crippen molar-refractivity contribution in [1.29, 1.82) is 0 Å². The number of aromatic carboxylic acids is 1. The lowest BCUT2D eigenvalue weighted by Crippen LogP contribution is -2.15. The molecular formula is C17H20N2O3. The van der Waals surface area contributed by atoms with E-state index in [0.717, 1.165) is 23.4 Å². The zero-order chi connectivity index (χ0) is 15.9. The predicted molar refractivity (Wildman–Crippen MR) is 83.3 cm³/mol. The number of carboxylic acids is 1. The maximum atomic E-state index is 11.6. The van der Waals surface area contributed by atoms with Gasteiger partial charge in [0, 0.05) is 5.69 Å². The molecular weight excluding hydrogens is 280 g/mol. The first-order chi connectivity index (χ1) is 10.4. The van der Waals surface area contributed by atoms with E-state index < -0.39 is 5.97 Å². The highest BCUT2D eigenvalue weighted by atomic mass is 16.4. The molecule has 0 saturated carbocycles. The van der Waals surface area contributed by atoms with Crippen molar-refractivity contribution in [2.24, 2.45) is 0 Å². The van der Waals surface area contributed by atoms with Gasteiger partial charge in [0.1, 0.15) is 17.1 Å². The molecule has 3 rings (SSSR count). The summed E-state index contributed by atoms with van der Waals surface area (Å²) < 4.78 is 5.26. The third kappa shape index (κ3) is 2.47. The van der Waals surface area contributed by atoms with Crippen molar-refractivity contribution in [2.75, 3.05) is 5.32 Å². The minimum absolute atomic E-state index is 0.0362. The Morgan fingerprint density at radius 3 is 2.95 bits per heavy atom. The van der Waals surface area contributed by atoms with E-state index in [1.165, 1.54) is 0 Å². The van der Waals surface area contributed by atoms with Crippen LogP contribution in [0.1, 0.15) is 60.5 Å². The molecule has 0 amide bonds. The number of hydrogen-bond donors (Lipinski definition) is 2. The first-order valence-corrected chi connectivity index (χ1v) is 7.43. The number of pyridine rings is 1. The van der Waals surface area contributed by atoms with E-state index in [2.05, 4.69) is 31.1 Å². The first kappa shape index (κ1) is 14.6. The number of carboxylic acid groups (broad SMARTS) is 1. The Bertz CT molecular complexity index is 705. The summed E-state index contributed by atoms with van der Waals surface area (Å²) >= 11 is 0. The van der Waals surface area contributed by atoms with Gasteiger partial charge >= 0.3 is 5.97 Å². The van der Waals surface area contributed by atoms with Gasteiger partial charge in [-0.15, -0.1) is 0 Å². The second-order valence-corrected chi connectivity index (χ2v) is 6.54. The highest BCUT2D eigenvalue weighted by molar-refractivity contribution is 5.93. The molecule has 0 spiro atoms. The van der Waals surface area contributed by atoms with Crippen LogP contribution in [0, 0.1) is 0 Å². The summed E-state index contributed by atoms with van der Waals surface area (Å²) in [7, 11) is 0. The third-order valence-corrected chi connectivity index (χ3v) is 4.30. The van der Waals surface area contributed by atoms with Gasteiger partial charge < -0.3 is 14.8 Å². The number of nitrogens with one attached hydrogen (secondary N) is 1. The van der Waals surface area contributed by atoms with Crippen molar-refractivity contribution >= 4 is 11.8 Å². The molecule has 1 unspecified atom stereocenters. The van der Waals surface area contributed by atoms with E-state index in [0.29, 0.717) is 18.3 Å². The summed E-state index contributed by atoms with van der Waals surface area (Å²) in [5.41, 5.74) is 2.22. The zero-order valence-corrected chi connectivity index (χ0v) is 13.0. The molecule has 2 N–H and O–H groups in total. The second-order valence-electron chi connectivity index (χ2n) is 6.54. The number of fused-ring (bicyclic) bond motifs is 1. The van der Waals surface area contributed by atoms with Crippen LogP contribution in [-0.4, -0.2) is 16.1 Å². The molecule has 0 aromatic carbocycles. The van der Waals surface area contributed by atoms with Gasteiger partial charge in [0.2, 0.25) is 0 Å². The number of hydrogen-bond acceptors (Lipinski definition) is 4. The van der Waals surface area contributed by atoms with E-state index in [1.807, 2.05) is 6.07 Å². The smallest absolute Gasteiger partial charge is 0.339 e. The molecule has 0 fully saturated rings. The van der Waals surface area contributed by atoms with Crippen LogP contribution in [0.3, 0.4) is 0 Å². The molecule has 0 radical (unpaired) electrons. The van der Waals surface area contributed by atoms with Crippen molar-refractivity contribution in [3.63, 3.8) is 0 Å². The van der Waals surface area contributed by atoms with Crippen LogP contribution in [0.2, 0.25) is 0 Å². The molecule has 1 aliphatic rings. The SMILES string of the molecule is CC1CC(C)(C)c2cc(C(=O)O)c(NCc3ccco3)nc21. The van der Waals surface area contributed by atoms with Crippen LogP contribution < -0.4 is 5.32 Å². The summed E-state index contributed by atoms with van der Waals surface area (Å²) in [6.07, 6.45) is 2.58. The number of nitrogens with zero attached hydrogens (tertiary/aromatic N) is 1. The van der Waals surface area contributed by atoms with Gasteiger partial charge in [0.05, 0.1) is 12.8 Å². The number of rotatable bonds is 4. The average Bonchev–Trinajstić information content (AvgIpc) is 3.03. The molecule has 0 bridgehead atoms. The van der Waals surface area contributed by atoms with Crippen LogP contribution in [-0.2, 0) is 12.0 Å². The van der Waals surface area contributed by atoms with Crippen molar-refractivity contribution < 1.29 is 14.3 Å². The Morgan fingerprint density at radius 2 is 2.32 bits per heavy atom. The lowest BCUT2D eigenvalue weighted by atomic mass is 9.86. The monoisotopic (exact) mass is 300 g/mol. The minimum Gasteiger partial charge on any atom is -0.478 e. The van der Waals surface area contributed by atoms with Crippen molar-refractivity contribution in [3.8, 4) is 0 Å². The highest BCUT2D eigenvalue weighted by Gasteiger charge is 2.37. The fourth-order valence-electron chi connectivity index (χ4n) is 3.30. The van der Waals surface area contributed by atoms with Crippen LogP contribution in [0.25, 0.3) is 0 Å². The van der Waals surface area contributed by atoms with Crippen LogP contribution in [0.5, 0.6) is 0 Å². The molecule has 22 heavy (non-hydrogen) atoms. The average molecular weight is 300 g/mol. The van der Waals surface area contributed by atoms with Crippen LogP contribution >= 0.6 is 0 Å². The summed E-state index contributed by atoms with van der Waals surface area (Å²) in [6.45, 7) is 6.82. The lowest BCUT2D eigenvalue weighted by molar-refractivity contribution is 0.0697. The van der Waals surface area contributed by atoms with Gasteiger partial charge in [-0.3, -0.25) is 0 Å². The van der Waals surface area contributed by atoms with Gasteiger partial charge in [0.25, 0.3) is 0 Å². The Hall–Kier alpha value is -2.30. The van der Waals surface area contributed by atoms with Crippen LogP contribution in [0.4, 0.5) is 5.82 Å². The molecule has 5 nitrogen and oxygen atoms in total. The molecule has 0 aliphatic heterocycles. The highest BCUT2D eigenvalue weighted by Crippen LogP contribution is 2.45. The summed E-state index contributed by atoms with van der Waals surface area (Å²) in [5.74, 6) is 0.517. The first-order valence-electron chi connectivity index (χ1n) is 7.43. The predicted octanol–water partition coefficient (Wildman–Crippen LogP) is 3.77. The molecule has 116 valence electrons. The number of anilines is 1. The number of aromatic nitrogens is 1. The zero-order valence-electron chi connectivity index (χ0n) is 13.0. The fourth-order valence-corrected chi connectivity index (χ4v) is 3.30. The number of carbonyl (C=O) groups is 1. The second kappa shape index (κ2) is 5.16. The Labute approximate surface area is 129 Å². The number of furan rings is 1. The van der Waals surface area contributed by atoms with E-state index >= 15 is 0 Å². The largest absolute Gasteiger partial charge is 0.478 e. The molecule has 2 heterocycles. The molecule has 0 saturated heterocycles. The molecule has 1 aliphatic carbocycles. The van der Waals surface area contributed by atoms with E-state index in [4.69, 9.17) is 4.42 Å². The maximum Gasteiger partial charge on any atom is 0.339 e.